The summed E-state index contributed by atoms with van der Waals surface area (Å²) in [5.74, 6) is -0.390. The number of halogens is 2. The molecule has 0 aromatic heterocycles. The number of likely N-dealkylation sites (tertiary alicyclic amines) is 1. The average Bonchev–Trinajstić information content (AvgIpc) is 2.27. The molecular weight excluding hydrogens is 291 g/mol. The first-order valence-electron chi connectivity index (χ1n) is 6.25. The lowest BCUT2D eigenvalue weighted by Crippen LogP contribution is -2.48. The van der Waals surface area contributed by atoms with Crippen LogP contribution in [0.2, 0.25) is 0 Å². The lowest BCUT2D eigenvalue weighted by atomic mass is 10.1. The highest BCUT2D eigenvalue weighted by atomic mass is 35.5. The zero-order valence-corrected chi connectivity index (χ0v) is 12.9. The number of ether oxygens (including phenoxy) is 1. The second-order valence-electron chi connectivity index (χ2n) is 5.55. The Morgan fingerprint density at radius 3 is 2.21 bits per heavy atom. The van der Waals surface area contributed by atoms with Gasteiger partial charge in [0, 0.05) is 19.1 Å². The van der Waals surface area contributed by atoms with Gasteiger partial charge in [-0.15, -0.1) is 0 Å². The molecule has 5 nitrogen and oxygen atoms in total. The summed E-state index contributed by atoms with van der Waals surface area (Å²) >= 11 is 10.9. The minimum Gasteiger partial charge on any atom is -0.444 e. The van der Waals surface area contributed by atoms with Crippen LogP contribution in [0.1, 0.15) is 33.6 Å². The summed E-state index contributed by atoms with van der Waals surface area (Å²) in [6.07, 6.45) is 1.03. The van der Waals surface area contributed by atoms with Crippen molar-refractivity contribution in [2.75, 3.05) is 13.1 Å². The molecule has 1 heterocycles. The highest BCUT2D eigenvalue weighted by molar-refractivity contribution is 6.53. The van der Waals surface area contributed by atoms with E-state index in [2.05, 4.69) is 5.32 Å². The summed E-state index contributed by atoms with van der Waals surface area (Å²) in [6, 6.07) is 0.00573. The van der Waals surface area contributed by atoms with Gasteiger partial charge >= 0.3 is 6.09 Å². The standard InChI is InChI=1S/C12H20Cl2N2O3/c1-12(2,3)19-11(18)16-6-4-8(5-7-16)15-10(17)9(13)14/h8-9H,4-7H2,1-3H3,(H,15,17). The Balaban J connectivity index is 2.37. The summed E-state index contributed by atoms with van der Waals surface area (Å²) in [4.78, 5) is 23.8. The van der Waals surface area contributed by atoms with Crippen molar-refractivity contribution in [3.8, 4) is 0 Å². The first-order valence-corrected chi connectivity index (χ1v) is 7.13. The van der Waals surface area contributed by atoms with Gasteiger partial charge in [-0.3, -0.25) is 4.79 Å². The molecule has 1 aliphatic rings. The van der Waals surface area contributed by atoms with Crippen molar-refractivity contribution in [3.05, 3.63) is 0 Å². The van der Waals surface area contributed by atoms with Gasteiger partial charge in [-0.2, -0.15) is 0 Å². The van der Waals surface area contributed by atoms with Crippen molar-refractivity contribution in [1.29, 1.82) is 0 Å². The van der Waals surface area contributed by atoms with Crippen LogP contribution in [0, 0.1) is 0 Å². The molecule has 0 radical (unpaired) electrons. The number of rotatable bonds is 2. The smallest absolute Gasteiger partial charge is 0.410 e. The first kappa shape index (κ1) is 16.4. The Bertz CT molecular complexity index is 334. The molecule has 1 aliphatic heterocycles. The molecule has 0 saturated carbocycles. The van der Waals surface area contributed by atoms with Crippen LogP contribution < -0.4 is 5.32 Å². The number of nitrogens with one attached hydrogen (secondary N) is 1. The number of carbonyl (C=O) groups excluding carboxylic acids is 2. The molecule has 0 atom stereocenters. The number of hydrogen-bond donors (Lipinski definition) is 1. The SMILES string of the molecule is CC(C)(C)OC(=O)N1CCC(NC(=O)C(Cl)Cl)CC1. The molecule has 0 aromatic rings. The molecule has 0 bridgehead atoms. The third-order valence-electron chi connectivity index (χ3n) is 2.69. The third kappa shape index (κ3) is 5.87. The zero-order valence-electron chi connectivity index (χ0n) is 11.4. The average molecular weight is 311 g/mol. The summed E-state index contributed by atoms with van der Waals surface area (Å²) in [6.45, 7) is 6.60. The van der Waals surface area contributed by atoms with Crippen LogP contribution in [-0.4, -0.2) is 46.5 Å². The lowest BCUT2D eigenvalue weighted by Gasteiger charge is -2.33. The van der Waals surface area contributed by atoms with Crippen LogP contribution in [0.4, 0.5) is 4.79 Å². The number of hydrogen-bond acceptors (Lipinski definition) is 3. The number of piperidine rings is 1. The third-order valence-corrected chi connectivity index (χ3v) is 3.09. The van der Waals surface area contributed by atoms with Crippen molar-refractivity contribution >= 4 is 35.2 Å². The minimum atomic E-state index is -1.05. The molecule has 0 spiro atoms. The maximum absolute atomic E-state index is 11.8. The van der Waals surface area contributed by atoms with Crippen molar-refractivity contribution in [2.24, 2.45) is 0 Å². The van der Waals surface area contributed by atoms with E-state index in [1.165, 1.54) is 0 Å². The number of amides is 2. The van der Waals surface area contributed by atoms with Crippen LogP contribution in [0.15, 0.2) is 0 Å². The summed E-state index contributed by atoms with van der Waals surface area (Å²) < 4.78 is 5.29. The number of nitrogens with zero attached hydrogens (tertiary/aromatic N) is 1. The van der Waals surface area contributed by atoms with Crippen LogP contribution in [0.3, 0.4) is 0 Å². The van der Waals surface area contributed by atoms with Gasteiger partial charge in [0.25, 0.3) is 5.91 Å². The fourth-order valence-electron chi connectivity index (χ4n) is 1.80. The van der Waals surface area contributed by atoms with Gasteiger partial charge in [0.1, 0.15) is 5.60 Å². The van der Waals surface area contributed by atoms with Gasteiger partial charge in [0.05, 0.1) is 0 Å². The fourth-order valence-corrected chi connectivity index (χ4v) is 1.92. The molecule has 1 rings (SSSR count). The van der Waals surface area contributed by atoms with Gasteiger partial charge in [-0.1, -0.05) is 23.2 Å². The first-order chi connectivity index (χ1) is 8.69. The number of alkyl halides is 2. The zero-order chi connectivity index (χ0) is 14.6. The van der Waals surface area contributed by atoms with E-state index < -0.39 is 10.4 Å². The maximum Gasteiger partial charge on any atom is 0.410 e. The van der Waals surface area contributed by atoms with E-state index in [1.807, 2.05) is 20.8 Å². The van der Waals surface area contributed by atoms with Crippen LogP contribution in [0.5, 0.6) is 0 Å². The Hall–Kier alpha value is -0.680. The van der Waals surface area contributed by atoms with Crippen molar-refractivity contribution in [1.82, 2.24) is 10.2 Å². The Morgan fingerprint density at radius 2 is 1.79 bits per heavy atom. The highest BCUT2D eigenvalue weighted by Gasteiger charge is 2.28. The predicted molar refractivity (Wildman–Crippen MR) is 74.5 cm³/mol. The van der Waals surface area contributed by atoms with E-state index in [9.17, 15) is 9.59 Å². The van der Waals surface area contributed by atoms with Gasteiger partial charge in [0.15, 0.2) is 4.84 Å². The topological polar surface area (TPSA) is 58.6 Å². The quantitative estimate of drug-likeness (QED) is 0.796. The summed E-state index contributed by atoms with van der Waals surface area (Å²) in [5, 5.41) is 2.74. The Labute approximate surface area is 123 Å². The van der Waals surface area contributed by atoms with Gasteiger partial charge in [-0.25, -0.2) is 4.79 Å². The molecular formula is C12H20Cl2N2O3. The van der Waals surface area contributed by atoms with E-state index in [0.717, 1.165) is 0 Å². The highest BCUT2D eigenvalue weighted by Crippen LogP contribution is 2.16. The van der Waals surface area contributed by atoms with Crippen LogP contribution in [-0.2, 0) is 9.53 Å². The molecule has 7 heteroatoms. The molecule has 0 aliphatic carbocycles. The van der Waals surface area contributed by atoms with E-state index in [1.54, 1.807) is 4.90 Å². The monoisotopic (exact) mass is 310 g/mol. The second kappa shape index (κ2) is 6.66. The Morgan fingerprint density at radius 1 is 1.26 bits per heavy atom. The molecule has 19 heavy (non-hydrogen) atoms. The summed E-state index contributed by atoms with van der Waals surface area (Å²) in [5.41, 5.74) is -0.493. The van der Waals surface area contributed by atoms with Gasteiger partial charge in [-0.05, 0) is 33.6 Å². The van der Waals surface area contributed by atoms with E-state index in [0.29, 0.717) is 25.9 Å². The maximum atomic E-state index is 11.8. The molecule has 0 unspecified atom stereocenters. The molecule has 1 fully saturated rings. The second-order valence-corrected chi connectivity index (χ2v) is 6.65. The normalized spacial score (nSPS) is 17.5. The van der Waals surface area contributed by atoms with E-state index >= 15 is 0 Å². The lowest BCUT2D eigenvalue weighted by molar-refractivity contribution is -0.120. The Kier molecular flexibility index (Phi) is 5.74. The fraction of sp³-hybridized carbons (Fsp3) is 0.833. The van der Waals surface area contributed by atoms with E-state index in [-0.39, 0.29) is 18.0 Å². The van der Waals surface area contributed by atoms with Crippen LogP contribution in [0.25, 0.3) is 0 Å². The predicted octanol–water partition coefficient (Wildman–Crippen LogP) is 2.31. The van der Waals surface area contributed by atoms with E-state index in [4.69, 9.17) is 27.9 Å². The van der Waals surface area contributed by atoms with Crippen molar-refractivity contribution in [3.63, 3.8) is 0 Å². The van der Waals surface area contributed by atoms with Gasteiger partial charge < -0.3 is 15.0 Å². The largest absolute Gasteiger partial charge is 0.444 e. The van der Waals surface area contributed by atoms with Crippen molar-refractivity contribution in [2.45, 2.75) is 50.1 Å². The van der Waals surface area contributed by atoms with Crippen molar-refractivity contribution < 1.29 is 14.3 Å². The number of carbonyl (C=O) groups is 2. The molecule has 1 saturated heterocycles. The molecule has 0 aromatic carbocycles. The van der Waals surface area contributed by atoms with Gasteiger partial charge in [0.2, 0.25) is 0 Å². The molecule has 2 amide bonds. The molecule has 110 valence electrons. The minimum absolute atomic E-state index is 0.00573. The molecule has 1 N–H and O–H groups in total. The summed E-state index contributed by atoms with van der Waals surface area (Å²) in [7, 11) is 0. The van der Waals surface area contributed by atoms with Crippen LogP contribution >= 0.6 is 23.2 Å².